The van der Waals surface area contributed by atoms with Gasteiger partial charge in [-0.25, -0.2) is 8.42 Å². The van der Waals surface area contributed by atoms with Gasteiger partial charge in [0.05, 0.1) is 10.6 Å². The lowest BCUT2D eigenvalue weighted by Crippen LogP contribution is -2.23. The third-order valence-corrected chi connectivity index (χ3v) is 3.65. The van der Waals surface area contributed by atoms with E-state index in [-0.39, 0.29) is 12.0 Å². The Balaban J connectivity index is 3.50. The summed E-state index contributed by atoms with van der Waals surface area (Å²) in [6.45, 7) is 1.55. The zero-order valence-electron chi connectivity index (χ0n) is 8.75. The minimum absolute atomic E-state index is 0.0489. The van der Waals surface area contributed by atoms with Crippen LogP contribution in [-0.2, 0) is 16.3 Å². The van der Waals surface area contributed by atoms with Crippen LogP contribution >= 0.6 is 0 Å². The normalized spacial score (nSPS) is 12.7. The molecule has 0 heterocycles. The predicted molar refractivity (Wildman–Crippen MR) is 55.1 cm³/mol. The van der Waals surface area contributed by atoms with Crippen molar-refractivity contribution in [1.29, 1.82) is 0 Å². The van der Waals surface area contributed by atoms with Crippen molar-refractivity contribution in [1.82, 2.24) is 0 Å². The van der Waals surface area contributed by atoms with Gasteiger partial charge in [-0.3, -0.25) is 0 Å². The van der Waals surface area contributed by atoms with Gasteiger partial charge in [-0.2, -0.15) is 13.2 Å². The van der Waals surface area contributed by atoms with Crippen LogP contribution < -0.4 is 5.73 Å². The van der Waals surface area contributed by atoms with Crippen molar-refractivity contribution < 1.29 is 26.7 Å². The lowest BCUT2D eigenvalue weighted by atomic mass is 10.1. The van der Waals surface area contributed by atoms with Crippen LogP contribution in [0.5, 0.6) is 5.75 Å². The van der Waals surface area contributed by atoms with Gasteiger partial charge in [0.15, 0.2) is 0 Å². The van der Waals surface area contributed by atoms with E-state index < -0.39 is 31.7 Å². The molecular formula is C9H10F3NO3S. The maximum atomic E-state index is 12.3. The van der Waals surface area contributed by atoms with Gasteiger partial charge in [-0.05, 0) is 24.1 Å². The molecule has 3 N–H and O–H groups in total. The number of hydrogen-bond donors (Lipinski definition) is 2. The van der Waals surface area contributed by atoms with Gasteiger partial charge in [0.2, 0.25) is 0 Å². The zero-order valence-corrected chi connectivity index (χ0v) is 9.56. The SMILES string of the molecule is CCc1cc(S(=O)(=O)C(F)(F)F)cc(N)c1O. The van der Waals surface area contributed by atoms with E-state index >= 15 is 0 Å². The number of phenolic OH excluding ortho intramolecular Hbond substituents is 1. The largest absolute Gasteiger partial charge is 0.506 e. The summed E-state index contributed by atoms with van der Waals surface area (Å²) in [6.07, 6.45) is 0.164. The number of phenols is 1. The van der Waals surface area contributed by atoms with Gasteiger partial charge in [0.25, 0.3) is 9.84 Å². The molecule has 0 radical (unpaired) electrons. The first-order valence-electron chi connectivity index (χ1n) is 4.54. The molecule has 0 amide bonds. The number of halogens is 3. The second-order valence-electron chi connectivity index (χ2n) is 3.32. The fourth-order valence-corrected chi connectivity index (χ4v) is 2.09. The quantitative estimate of drug-likeness (QED) is 0.634. The van der Waals surface area contributed by atoms with E-state index in [1.54, 1.807) is 6.92 Å². The Bertz CT molecular complexity index is 537. The molecule has 96 valence electrons. The summed E-state index contributed by atoms with van der Waals surface area (Å²) >= 11 is 0. The van der Waals surface area contributed by atoms with Crippen molar-refractivity contribution in [3.05, 3.63) is 17.7 Å². The molecule has 0 bridgehead atoms. The number of sulfone groups is 1. The van der Waals surface area contributed by atoms with Crippen molar-refractivity contribution in [3.8, 4) is 5.75 Å². The average molecular weight is 269 g/mol. The summed E-state index contributed by atoms with van der Waals surface area (Å²) in [5, 5.41) is 9.39. The molecule has 0 saturated carbocycles. The first kappa shape index (κ1) is 13.6. The van der Waals surface area contributed by atoms with Crippen molar-refractivity contribution in [2.75, 3.05) is 5.73 Å². The van der Waals surface area contributed by atoms with Crippen molar-refractivity contribution >= 4 is 15.5 Å². The van der Waals surface area contributed by atoms with Crippen LogP contribution in [-0.4, -0.2) is 19.0 Å². The van der Waals surface area contributed by atoms with Crippen LogP contribution in [0.25, 0.3) is 0 Å². The van der Waals surface area contributed by atoms with Crippen molar-refractivity contribution in [2.24, 2.45) is 0 Å². The molecule has 0 fully saturated rings. The lowest BCUT2D eigenvalue weighted by Gasteiger charge is -2.11. The molecule has 1 aromatic rings. The highest BCUT2D eigenvalue weighted by atomic mass is 32.2. The molecule has 0 spiro atoms. The van der Waals surface area contributed by atoms with Crippen LogP contribution in [0.1, 0.15) is 12.5 Å². The smallest absolute Gasteiger partial charge is 0.501 e. The standard InChI is InChI=1S/C9H10F3NO3S/c1-2-5-3-6(4-7(13)8(5)14)17(15,16)9(10,11)12/h3-4,14H,2,13H2,1H3. The van der Waals surface area contributed by atoms with E-state index in [4.69, 9.17) is 5.73 Å². The van der Waals surface area contributed by atoms with Crippen LogP contribution in [0.15, 0.2) is 17.0 Å². The Morgan fingerprint density at radius 3 is 2.29 bits per heavy atom. The van der Waals surface area contributed by atoms with Gasteiger partial charge in [-0.1, -0.05) is 6.92 Å². The van der Waals surface area contributed by atoms with Crippen molar-refractivity contribution in [2.45, 2.75) is 23.7 Å². The molecule has 0 unspecified atom stereocenters. The molecule has 1 aromatic carbocycles. The third kappa shape index (κ3) is 2.31. The minimum atomic E-state index is -5.44. The fraction of sp³-hybridized carbons (Fsp3) is 0.333. The van der Waals surface area contributed by atoms with Gasteiger partial charge < -0.3 is 10.8 Å². The molecule has 0 aliphatic rings. The summed E-state index contributed by atoms with van der Waals surface area (Å²) in [5.41, 5.74) is -0.480. The maximum Gasteiger partial charge on any atom is 0.501 e. The van der Waals surface area contributed by atoms with E-state index in [1.807, 2.05) is 0 Å². The summed E-state index contributed by atoms with van der Waals surface area (Å²) in [6, 6.07) is 1.37. The number of aromatic hydroxyl groups is 1. The number of benzene rings is 1. The number of anilines is 1. The summed E-state index contributed by atoms with van der Waals surface area (Å²) < 4.78 is 59.1. The summed E-state index contributed by atoms with van der Waals surface area (Å²) in [5.74, 6) is -0.395. The molecule has 0 aromatic heterocycles. The topological polar surface area (TPSA) is 80.4 Å². The third-order valence-electron chi connectivity index (χ3n) is 2.19. The van der Waals surface area contributed by atoms with Gasteiger partial charge in [0, 0.05) is 0 Å². The molecular weight excluding hydrogens is 259 g/mol. The van der Waals surface area contributed by atoms with Gasteiger partial charge in [-0.15, -0.1) is 0 Å². The van der Waals surface area contributed by atoms with E-state index in [2.05, 4.69) is 0 Å². The number of rotatable bonds is 2. The highest BCUT2D eigenvalue weighted by Crippen LogP contribution is 2.35. The highest BCUT2D eigenvalue weighted by molar-refractivity contribution is 7.92. The minimum Gasteiger partial charge on any atom is -0.506 e. The molecule has 17 heavy (non-hydrogen) atoms. The Morgan fingerprint density at radius 1 is 1.35 bits per heavy atom. The van der Waals surface area contributed by atoms with E-state index in [9.17, 15) is 26.7 Å². The van der Waals surface area contributed by atoms with Crippen LogP contribution in [0, 0.1) is 0 Å². The Kier molecular flexibility index (Phi) is 3.28. The van der Waals surface area contributed by atoms with Crippen LogP contribution in [0.3, 0.4) is 0 Å². The Morgan fingerprint density at radius 2 is 1.88 bits per heavy atom. The molecule has 0 saturated heterocycles. The van der Waals surface area contributed by atoms with E-state index in [0.717, 1.165) is 6.07 Å². The Labute approximate surface area is 95.8 Å². The average Bonchev–Trinajstić information content (AvgIpc) is 2.20. The monoisotopic (exact) mass is 269 g/mol. The second-order valence-corrected chi connectivity index (χ2v) is 5.26. The van der Waals surface area contributed by atoms with Crippen LogP contribution in [0.4, 0.5) is 18.9 Å². The number of nitrogen functional groups attached to an aromatic ring is 1. The predicted octanol–water partition coefficient (Wildman–Crippen LogP) is 1.83. The van der Waals surface area contributed by atoms with Crippen LogP contribution in [0.2, 0.25) is 0 Å². The lowest BCUT2D eigenvalue weighted by molar-refractivity contribution is -0.0436. The fourth-order valence-electron chi connectivity index (χ4n) is 1.25. The van der Waals surface area contributed by atoms with E-state index in [0.29, 0.717) is 6.07 Å². The zero-order chi connectivity index (χ0) is 13.4. The first-order valence-corrected chi connectivity index (χ1v) is 6.02. The molecule has 0 aliphatic carbocycles. The number of aryl methyl sites for hydroxylation is 1. The summed E-state index contributed by atoms with van der Waals surface area (Å²) in [4.78, 5) is -0.961. The Hall–Kier alpha value is -1.44. The molecule has 4 nitrogen and oxygen atoms in total. The molecule has 0 aliphatic heterocycles. The van der Waals surface area contributed by atoms with E-state index in [1.165, 1.54) is 0 Å². The number of alkyl halides is 3. The highest BCUT2D eigenvalue weighted by Gasteiger charge is 2.47. The second kappa shape index (κ2) is 4.10. The van der Waals surface area contributed by atoms with Gasteiger partial charge >= 0.3 is 5.51 Å². The van der Waals surface area contributed by atoms with Gasteiger partial charge in [0.1, 0.15) is 5.75 Å². The molecule has 8 heteroatoms. The summed E-state index contributed by atoms with van der Waals surface area (Å²) in [7, 11) is -5.44. The molecule has 1 rings (SSSR count). The van der Waals surface area contributed by atoms with Crippen molar-refractivity contribution in [3.63, 3.8) is 0 Å². The molecule has 0 atom stereocenters. The maximum absolute atomic E-state index is 12.3. The number of nitrogens with two attached hydrogens (primary N) is 1. The first-order chi connectivity index (χ1) is 7.61. The number of hydrogen-bond acceptors (Lipinski definition) is 4.